The second-order valence-electron chi connectivity index (χ2n) is 7.64. The van der Waals surface area contributed by atoms with Crippen molar-refractivity contribution in [2.75, 3.05) is 44.8 Å². The Hall–Kier alpha value is -1.69. The number of ether oxygens (including phenoxy) is 1. The molecule has 0 radical (unpaired) electrons. The number of amides is 1. The Morgan fingerprint density at radius 3 is 2.68 bits per heavy atom. The van der Waals surface area contributed by atoms with Gasteiger partial charge in [-0.25, -0.2) is 9.97 Å². The van der Waals surface area contributed by atoms with Gasteiger partial charge < -0.3 is 14.5 Å². The molecule has 25 heavy (non-hydrogen) atoms. The maximum absolute atomic E-state index is 12.3. The summed E-state index contributed by atoms with van der Waals surface area (Å²) in [7, 11) is 1.71. The van der Waals surface area contributed by atoms with Crippen molar-refractivity contribution in [1.29, 1.82) is 0 Å². The summed E-state index contributed by atoms with van der Waals surface area (Å²) < 4.78 is 5.14. The van der Waals surface area contributed by atoms with Crippen LogP contribution in [0.4, 0.5) is 5.95 Å². The molecule has 2 aliphatic rings. The first-order valence-corrected chi connectivity index (χ1v) is 9.35. The van der Waals surface area contributed by atoms with Crippen LogP contribution in [0.5, 0.6) is 0 Å². The summed E-state index contributed by atoms with van der Waals surface area (Å²) in [6.45, 7) is 8.36. The maximum Gasteiger partial charge on any atom is 0.225 e. The highest BCUT2D eigenvalue weighted by Gasteiger charge is 2.42. The largest absolute Gasteiger partial charge is 0.385 e. The van der Waals surface area contributed by atoms with Crippen LogP contribution in [-0.4, -0.2) is 60.7 Å². The van der Waals surface area contributed by atoms with Crippen molar-refractivity contribution in [1.82, 2.24) is 14.9 Å². The Morgan fingerprint density at radius 1 is 1.20 bits per heavy atom. The van der Waals surface area contributed by atoms with E-state index in [1.54, 1.807) is 7.11 Å². The van der Waals surface area contributed by atoms with Gasteiger partial charge in [-0.15, -0.1) is 0 Å². The van der Waals surface area contributed by atoms with Crippen molar-refractivity contribution >= 4 is 11.9 Å². The minimum Gasteiger partial charge on any atom is -0.385 e. The van der Waals surface area contributed by atoms with E-state index in [0.29, 0.717) is 18.9 Å². The van der Waals surface area contributed by atoms with Gasteiger partial charge in [0.15, 0.2) is 0 Å². The molecule has 1 spiro atoms. The predicted octanol–water partition coefficient (Wildman–Crippen LogP) is 2.34. The molecular formula is C19H30N4O2. The number of carbonyl (C=O) groups excluding carboxylic acids is 1. The number of aromatic nitrogens is 2. The number of rotatable bonds is 5. The number of likely N-dealkylation sites (tertiary alicyclic amines) is 1. The molecule has 3 rings (SSSR count). The van der Waals surface area contributed by atoms with Gasteiger partial charge in [-0.1, -0.05) is 0 Å². The third kappa shape index (κ3) is 4.29. The van der Waals surface area contributed by atoms with Crippen LogP contribution in [0, 0.1) is 19.3 Å². The summed E-state index contributed by atoms with van der Waals surface area (Å²) in [5.74, 6) is 1.14. The van der Waals surface area contributed by atoms with E-state index >= 15 is 0 Å². The molecule has 1 amide bonds. The highest BCUT2D eigenvalue weighted by molar-refractivity contribution is 5.77. The van der Waals surface area contributed by atoms with Gasteiger partial charge in [-0.3, -0.25) is 4.79 Å². The molecular weight excluding hydrogens is 316 g/mol. The summed E-state index contributed by atoms with van der Waals surface area (Å²) in [6.07, 6.45) is 4.86. The summed E-state index contributed by atoms with van der Waals surface area (Å²) in [6, 6.07) is 2.01. The molecule has 0 aliphatic carbocycles. The lowest BCUT2D eigenvalue weighted by atomic mass is 9.73. The molecule has 2 aliphatic heterocycles. The maximum atomic E-state index is 12.3. The van der Waals surface area contributed by atoms with E-state index in [2.05, 4.69) is 14.9 Å². The van der Waals surface area contributed by atoms with Gasteiger partial charge in [0, 0.05) is 63.1 Å². The third-order valence-corrected chi connectivity index (χ3v) is 5.44. The minimum atomic E-state index is 0.181. The Morgan fingerprint density at radius 2 is 1.96 bits per heavy atom. The smallest absolute Gasteiger partial charge is 0.225 e. The average molecular weight is 346 g/mol. The SMILES string of the molecule is COCCCN1C[C@@]2(CCCN(c3nc(C)cc(C)n3)C2)CCC1=O. The molecule has 1 atom stereocenters. The van der Waals surface area contributed by atoms with Crippen LogP contribution in [0.15, 0.2) is 6.07 Å². The van der Waals surface area contributed by atoms with Gasteiger partial charge >= 0.3 is 0 Å². The third-order valence-electron chi connectivity index (χ3n) is 5.44. The van der Waals surface area contributed by atoms with E-state index in [1.807, 2.05) is 24.8 Å². The second kappa shape index (κ2) is 7.68. The zero-order valence-electron chi connectivity index (χ0n) is 15.8. The quantitative estimate of drug-likeness (QED) is 0.766. The lowest BCUT2D eigenvalue weighted by Crippen LogP contribution is -2.54. The van der Waals surface area contributed by atoms with Crippen molar-refractivity contribution in [3.05, 3.63) is 17.5 Å². The molecule has 2 saturated heterocycles. The molecule has 0 N–H and O–H groups in total. The minimum absolute atomic E-state index is 0.181. The molecule has 0 aromatic carbocycles. The number of carbonyl (C=O) groups is 1. The molecule has 2 fully saturated rings. The number of nitrogens with zero attached hydrogens (tertiary/aromatic N) is 4. The molecule has 6 nitrogen and oxygen atoms in total. The van der Waals surface area contributed by atoms with E-state index in [4.69, 9.17) is 4.74 Å². The standard InChI is InChI=1S/C19H30N4O2/c1-15-12-16(2)21-18(20-15)23-9-4-7-19(14-23)8-6-17(24)22(13-19)10-5-11-25-3/h12H,4-11,13-14H2,1-3H3/t19-/m1/s1. The molecule has 1 aromatic heterocycles. The Kier molecular flexibility index (Phi) is 5.57. The number of hydrogen-bond donors (Lipinski definition) is 0. The fourth-order valence-electron chi connectivity index (χ4n) is 4.27. The summed E-state index contributed by atoms with van der Waals surface area (Å²) in [5.41, 5.74) is 2.21. The van der Waals surface area contributed by atoms with E-state index < -0.39 is 0 Å². The van der Waals surface area contributed by atoms with Crippen molar-refractivity contribution in [3.8, 4) is 0 Å². The summed E-state index contributed by atoms with van der Waals surface area (Å²) in [5, 5.41) is 0. The predicted molar refractivity (Wildman–Crippen MR) is 97.7 cm³/mol. The van der Waals surface area contributed by atoms with E-state index in [0.717, 1.165) is 62.8 Å². The van der Waals surface area contributed by atoms with Crippen molar-refractivity contribution in [2.24, 2.45) is 5.41 Å². The molecule has 0 saturated carbocycles. The highest BCUT2D eigenvalue weighted by atomic mass is 16.5. The van der Waals surface area contributed by atoms with Crippen LogP contribution in [0.1, 0.15) is 43.5 Å². The molecule has 6 heteroatoms. The average Bonchev–Trinajstić information content (AvgIpc) is 2.58. The lowest BCUT2D eigenvalue weighted by molar-refractivity contribution is -0.138. The number of anilines is 1. The first-order chi connectivity index (χ1) is 12.0. The number of aryl methyl sites for hydroxylation is 2. The van der Waals surface area contributed by atoms with Gasteiger partial charge in [-0.05, 0) is 45.6 Å². The van der Waals surface area contributed by atoms with Crippen LogP contribution >= 0.6 is 0 Å². The van der Waals surface area contributed by atoms with Gasteiger partial charge in [0.1, 0.15) is 0 Å². The van der Waals surface area contributed by atoms with Crippen LogP contribution in [0.2, 0.25) is 0 Å². The Bertz CT molecular complexity index is 601. The van der Waals surface area contributed by atoms with E-state index in [9.17, 15) is 4.79 Å². The Balaban J connectivity index is 1.71. The molecule has 0 bridgehead atoms. The number of methoxy groups -OCH3 is 1. The van der Waals surface area contributed by atoms with E-state index in [-0.39, 0.29) is 5.41 Å². The monoisotopic (exact) mass is 346 g/mol. The van der Waals surface area contributed by atoms with Crippen LogP contribution < -0.4 is 4.90 Å². The van der Waals surface area contributed by atoms with Gasteiger partial charge in [0.2, 0.25) is 11.9 Å². The van der Waals surface area contributed by atoms with Crippen LogP contribution in [-0.2, 0) is 9.53 Å². The van der Waals surface area contributed by atoms with E-state index in [1.165, 1.54) is 6.42 Å². The van der Waals surface area contributed by atoms with Gasteiger partial charge in [-0.2, -0.15) is 0 Å². The zero-order valence-corrected chi connectivity index (χ0v) is 15.8. The topological polar surface area (TPSA) is 58.6 Å². The zero-order chi connectivity index (χ0) is 17.9. The van der Waals surface area contributed by atoms with Gasteiger partial charge in [0.25, 0.3) is 0 Å². The lowest BCUT2D eigenvalue weighted by Gasteiger charge is -2.48. The number of hydrogen-bond acceptors (Lipinski definition) is 5. The summed E-state index contributed by atoms with van der Waals surface area (Å²) >= 11 is 0. The number of piperidine rings is 2. The van der Waals surface area contributed by atoms with Crippen LogP contribution in [0.25, 0.3) is 0 Å². The fourth-order valence-corrected chi connectivity index (χ4v) is 4.27. The highest BCUT2D eigenvalue weighted by Crippen LogP contribution is 2.39. The van der Waals surface area contributed by atoms with Crippen LogP contribution in [0.3, 0.4) is 0 Å². The molecule has 0 unspecified atom stereocenters. The first kappa shape index (κ1) is 18.1. The first-order valence-electron chi connectivity index (χ1n) is 9.35. The molecule has 3 heterocycles. The van der Waals surface area contributed by atoms with Crippen molar-refractivity contribution in [3.63, 3.8) is 0 Å². The van der Waals surface area contributed by atoms with Gasteiger partial charge in [0.05, 0.1) is 0 Å². The van der Waals surface area contributed by atoms with Crippen molar-refractivity contribution in [2.45, 2.75) is 46.0 Å². The normalized spacial score (nSPS) is 24.2. The van der Waals surface area contributed by atoms with Crippen molar-refractivity contribution < 1.29 is 9.53 Å². The molecule has 138 valence electrons. The molecule has 1 aromatic rings. The second-order valence-corrected chi connectivity index (χ2v) is 7.64. The Labute approximate surface area is 150 Å². The fraction of sp³-hybridized carbons (Fsp3) is 0.737. The summed E-state index contributed by atoms with van der Waals surface area (Å²) in [4.78, 5) is 26.0.